The highest BCUT2D eigenvalue weighted by molar-refractivity contribution is 7.89. The fourth-order valence-electron chi connectivity index (χ4n) is 2.00. The van der Waals surface area contributed by atoms with Gasteiger partial charge in [-0.25, -0.2) is 17.9 Å². The Morgan fingerprint density at radius 2 is 1.95 bits per heavy atom. The number of amides is 1. The third-order valence-electron chi connectivity index (χ3n) is 3.06. The lowest BCUT2D eigenvalue weighted by atomic mass is 9.99. The largest absolute Gasteiger partial charge is 0.381 e. The molecule has 0 radical (unpaired) electrons. The number of sulfonamides is 1. The molecule has 0 unspecified atom stereocenters. The van der Waals surface area contributed by atoms with Gasteiger partial charge in [-0.1, -0.05) is 0 Å². The number of carbonyl (C=O) groups excluding carboxylic acids is 1. The normalized spacial score (nSPS) is 16.9. The van der Waals surface area contributed by atoms with E-state index in [0.29, 0.717) is 26.1 Å². The summed E-state index contributed by atoms with van der Waals surface area (Å²) < 4.78 is 40.9. The number of anilines is 1. The van der Waals surface area contributed by atoms with Crippen LogP contribution >= 0.6 is 0 Å². The van der Waals surface area contributed by atoms with E-state index in [9.17, 15) is 17.6 Å². The number of nitrogens with two attached hydrogens (primary N) is 1. The number of ether oxygens (including phenoxy) is 1. The van der Waals surface area contributed by atoms with E-state index in [0.717, 1.165) is 18.2 Å². The van der Waals surface area contributed by atoms with Crippen molar-refractivity contribution < 1.29 is 22.3 Å². The van der Waals surface area contributed by atoms with E-state index in [1.165, 1.54) is 0 Å². The second kappa shape index (κ2) is 5.86. The van der Waals surface area contributed by atoms with Crippen LogP contribution in [-0.2, 0) is 19.6 Å². The predicted octanol–water partition coefficient (Wildman–Crippen LogP) is 0.838. The molecule has 0 saturated carbocycles. The molecule has 6 nitrogen and oxygen atoms in total. The van der Waals surface area contributed by atoms with Gasteiger partial charge in [0.25, 0.3) is 0 Å². The van der Waals surface area contributed by atoms with E-state index < -0.39 is 15.8 Å². The molecule has 1 saturated heterocycles. The fraction of sp³-hybridized carbons (Fsp3) is 0.417. The second-order valence-corrected chi connectivity index (χ2v) is 6.16. The highest BCUT2D eigenvalue weighted by atomic mass is 32.2. The summed E-state index contributed by atoms with van der Waals surface area (Å²) in [6, 6.07) is 2.99. The van der Waals surface area contributed by atoms with Gasteiger partial charge in [0.2, 0.25) is 15.9 Å². The van der Waals surface area contributed by atoms with Crippen molar-refractivity contribution in [1.29, 1.82) is 0 Å². The lowest BCUT2D eigenvalue weighted by Gasteiger charge is -2.21. The van der Waals surface area contributed by atoms with Gasteiger partial charge >= 0.3 is 0 Å². The Kier molecular flexibility index (Phi) is 4.36. The minimum Gasteiger partial charge on any atom is -0.381 e. The van der Waals surface area contributed by atoms with Crippen molar-refractivity contribution in [2.45, 2.75) is 17.7 Å². The standard InChI is InChI=1S/C12H15FN2O4S/c13-9-5-10(7-11(6-9)20(14,17)18)15-12(16)8-1-3-19-4-2-8/h5-8H,1-4H2,(H,15,16)(H2,14,17,18). The van der Waals surface area contributed by atoms with Crippen LogP contribution in [-0.4, -0.2) is 27.5 Å². The molecule has 0 bridgehead atoms. The first kappa shape index (κ1) is 14.9. The van der Waals surface area contributed by atoms with Gasteiger partial charge in [-0.15, -0.1) is 0 Å². The first-order valence-corrected chi connectivity index (χ1v) is 7.63. The smallest absolute Gasteiger partial charge is 0.238 e. The van der Waals surface area contributed by atoms with Gasteiger partial charge in [0.05, 0.1) is 4.90 Å². The topological polar surface area (TPSA) is 98.5 Å². The maximum absolute atomic E-state index is 13.4. The minimum atomic E-state index is -4.02. The van der Waals surface area contributed by atoms with E-state index in [1.54, 1.807) is 0 Å². The van der Waals surface area contributed by atoms with Crippen LogP contribution < -0.4 is 10.5 Å². The molecule has 8 heteroatoms. The highest BCUT2D eigenvalue weighted by Crippen LogP contribution is 2.20. The van der Waals surface area contributed by atoms with Crippen LogP contribution in [0.5, 0.6) is 0 Å². The molecule has 2 rings (SSSR count). The molecule has 20 heavy (non-hydrogen) atoms. The van der Waals surface area contributed by atoms with Gasteiger partial charge in [-0.05, 0) is 31.0 Å². The number of carbonyl (C=O) groups is 1. The maximum atomic E-state index is 13.4. The van der Waals surface area contributed by atoms with E-state index in [4.69, 9.17) is 9.88 Å². The molecule has 0 aliphatic carbocycles. The molecule has 0 aromatic heterocycles. The number of rotatable bonds is 3. The lowest BCUT2D eigenvalue weighted by Crippen LogP contribution is -2.28. The van der Waals surface area contributed by atoms with E-state index in [1.807, 2.05) is 0 Å². The summed E-state index contributed by atoms with van der Waals surface area (Å²) in [6.45, 7) is 1.01. The van der Waals surface area contributed by atoms with Crippen LogP contribution in [0.25, 0.3) is 0 Å². The summed E-state index contributed by atoms with van der Waals surface area (Å²) in [5, 5.41) is 7.45. The highest BCUT2D eigenvalue weighted by Gasteiger charge is 2.22. The summed E-state index contributed by atoms with van der Waals surface area (Å²) in [5.41, 5.74) is 0.0746. The summed E-state index contributed by atoms with van der Waals surface area (Å²) in [6.07, 6.45) is 1.17. The number of hydrogen-bond donors (Lipinski definition) is 2. The Bertz CT molecular complexity index is 612. The quantitative estimate of drug-likeness (QED) is 0.864. The van der Waals surface area contributed by atoms with E-state index in [-0.39, 0.29) is 22.4 Å². The summed E-state index contributed by atoms with van der Waals surface area (Å²) >= 11 is 0. The zero-order valence-corrected chi connectivity index (χ0v) is 11.5. The number of primary sulfonamides is 1. The molecular weight excluding hydrogens is 287 g/mol. The predicted molar refractivity (Wildman–Crippen MR) is 69.9 cm³/mol. The van der Waals surface area contributed by atoms with Crippen molar-refractivity contribution in [3.05, 3.63) is 24.0 Å². The van der Waals surface area contributed by atoms with Crippen LogP contribution in [0.2, 0.25) is 0 Å². The van der Waals surface area contributed by atoms with Crippen molar-refractivity contribution in [3.63, 3.8) is 0 Å². The van der Waals surface area contributed by atoms with Crippen LogP contribution in [0.1, 0.15) is 12.8 Å². The average molecular weight is 302 g/mol. The zero-order chi connectivity index (χ0) is 14.8. The summed E-state index contributed by atoms with van der Waals surface area (Å²) in [5.74, 6) is -1.27. The average Bonchev–Trinajstić information content (AvgIpc) is 2.38. The van der Waals surface area contributed by atoms with Crippen LogP contribution in [0.4, 0.5) is 10.1 Å². The van der Waals surface area contributed by atoms with Gasteiger partial charge in [0.1, 0.15) is 5.82 Å². The van der Waals surface area contributed by atoms with Crippen LogP contribution in [0.15, 0.2) is 23.1 Å². The Morgan fingerprint density at radius 3 is 2.55 bits per heavy atom. The molecule has 1 aromatic carbocycles. The van der Waals surface area contributed by atoms with Crippen molar-refractivity contribution >= 4 is 21.6 Å². The Labute approximate surface area is 116 Å². The first-order valence-electron chi connectivity index (χ1n) is 6.08. The molecule has 1 heterocycles. The van der Waals surface area contributed by atoms with Crippen LogP contribution in [0.3, 0.4) is 0 Å². The number of nitrogens with one attached hydrogen (secondary N) is 1. The first-order chi connectivity index (χ1) is 9.36. The summed E-state index contributed by atoms with van der Waals surface area (Å²) in [4.78, 5) is 11.6. The third-order valence-corrected chi connectivity index (χ3v) is 3.95. The molecule has 110 valence electrons. The molecule has 1 aliphatic rings. The van der Waals surface area contributed by atoms with E-state index in [2.05, 4.69) is 5.32 Å². The van der Waals surface area contributed by atoms with E-state index >= 15 is 0 Å². The molecule has 1 aliphatic heterocycles. The minimum absolute atomic E-state index is 0.0746. The molecule has 1 fully saturated rings. The monoisotopic (exact) mass is 302 g/mol. The Hall–Kier alpha value is -1.51. The zero-order valence-electron chi connectivity index (χ0n) is 10.6. The number of benzene rings is 1. The third kappa shape index (κ3) is 3.75. The molecule has 0 atom stereocenters. The Balaban J connectivity index is 2.16. The lowest BCUT2D eigenvalue weighted by molar-refractivity contribution is -0.122. The van der Waals surface area contributed by atoms with Gasteiger partial charge in [0.15, 0.2) is 0 Å². The van der Waals surface area contributed by atoms with Gasteiger partial charge in [-0.3, -0.25) is 4.79 Å². The second-order valence-electron chi connectivity index (χ2n) is 4.60. The molecule has 3 N–H and O–H groups in total. The van der Waals surface area contributed by atoms with Crippen molar-refractivity contribution in [1.82, 2.24) is 0 Å². The summed E-state index contributed by atoms with van der Waals surface area (Å²) in [7, 11) is -4.02. The SMILES string of the molecule is NS(=O)(=O)c1cc(F)cc(NC(=O)C2CCOCC2)c1. The molecular formula is C12H15FN2O4S. The van der Waals surface area contributed by atoms with Gasteiger partial charge < -0.3 is 10.1 Å². The fourth-order valence-corrected chi connectivity index (χ4v) is 2.57. The van der Waals surface area contributed by atoms with Gasteiger partial charge in [-0.2, -0.15) is 0 Å². The molecule has 1 amide bonds. The van der Waals surface area contributed by atoms with Gasteiger partial charge in [0, 0.05) is 24.8 Å². The van der Waals surface area contributed by atoms with Crippen LogP contribution in [0, 0.1) is 11.7 Å². The van der Waals surface area contributed by atoms with Crippen molar-refractivity contribution in [2.75, 3.05) is 18.5 Å². The van der Waals surface area contributed by atoms with Crippen molar-refractivity contribution in [3.8, 4) is 0 Å². The Morgan fingerprint density at radius 1 is 1.30 bits per heavy atom. The van der Waals surface area contributed by atoms with Crippen molar-refractivity contribution in [2.24, 2.45) is 11.1 Å². The number of hydrogen-bond acceptors (Lipinski definition) is 4. The molecule has 1 aromatic rings. The molecule has 0 spiro atoms. The maximum Gasteiger partial charge on any atom is 0.238 e. The number of halogens is 1.